The first-order chi connectivity index (χ1) is 8.66. The summed E-state index contributed by atoms with van der Waals surface area (Å²) in [5, 5.41) is 6.76. The molecule has 18 heavy (non-hydrogen) atoms. The van der Waals surface area contributed by atoms with E-state index in [9.17, 15) is 4.79 Å². The molecule has 0 unspecified atom stereocenters. The van der Waals surface area contributed by atoms with E-state index in [4.69, 9.17) is 16.4 Å². The second kappa shape index (κ2) is 5.75. The van der Waals surface area contributed by atoms with E-state index in [0.29, 0.717) is 21.3 Å². The van der Waals surface area contributed by atoms with Gasteiger partial charge in [-0.05, 0) is 25.1 Å². The number of hydrogen-bond donors (Lipinski definition) is 0. The fourth-order valence-electron chi connectivity index (χ4n) is 1.22. The van der Waals surface area contributed by atoms with Crippen molar-refractivity contribution < 1.29 is 9.63 Å². The number of rotatable bonds is 3. The highest BCUT2D eigenvalue weighted by molar-refractivity contribution is 7.11. The third kappa shape index (κ3) is 3.15. The predicted octanol–water partition coefficient (Wildman–Crippen LogP) is 3.38. The van der Waals surface area contributed by atoms with Gasteiger partial charge in [0, 0.05) is 16.6 Å². The SMILES string of the molecule is C/C(=N\OC(=O)c1cccc(Cl)c1)c1nccs1. The maximum atomic E-state index is 11.7. The summed E-state index contributed by atoms with van der Waals surface area (Å²) in [7, 11) is 0. The quantitative estimate of drug-likeness (QED) is 0.492. The van der Waals surface area contributed by atoms with E-state index in [1.54, 1.807) is 31.3 Å². The lowest BCUT2D eigenvalue weighted by Gasteiger charge is -1.99. The number of thiazole rings is 1. The third-order valence-corrected chi connectivity index (χ3v) is 3.18. The Hall–Kier alpha value is -1.72. The molecule has 0 amide bonds. The molecule has 0 fully saturated rings. The van der Waals surface area contributed by atoms with Crippen LogP contribution < -0.4 is 0 Å². The molecule has 0 saturated carbocycles. The Bertz CT molecular complexity index is 582. The lowest BCUT2D eigenvalue weighted by Crippen LogP contribution is -2.03. The number of benzene rings is 1. The van der Waals surface area contributed by atoms with Gasteiger partial charge >= 0.3 is 5.97 Å². The summed E-state index contributed by atoms with van der Waals surface area (Å²) in [4.78, 5) is 20.5. The van der Waals surface area contributed by atoms with Gasteiger partial charge in [0.1, 0.15) is 10.7 Å². The molecule has 0 aliphatic heterocycles. The number of carbonyl (C=O) groups excluding carboxylic acids is 1. The monoisotopic (exact) mass is 280 g/mol. The van der Waals surface area contributed by atoms with Gasteiger partial charge in [0.25, 0.3) is 0 Å². The first-order valence-corrected chi connectivity index (χ1v) is 6.34. The predicted molar refractivity (Wildman–Crippen MR) is 71.2 cm³/mol. The molecular formula is C12H9ClN2O2S. The molecule has 4 nitrogen and oxygen atoms in total. The van der Waals surface area contributed by atoms with Crippen LogP contribution in [0.5, 0.6) is 0 Å². The van der Waals surface area contributed by atoms with E-state index < -0.39 is 5.97 Å². The Labute approximate surface area is 113 Å². The van der Waals surface area contributed by atoms with Crippen LogP contribution in [0.4, 0.5) is 0 Å². The van der Waals surface area contributed by atoms with Crippen LogP contribution in [0.15, 0.2) is 41.0 Å². The molecule has 2 aromatic rings. The Kier molecular flexibility index (Phi) is 4.07. The number of halogens is 1. The molecule has 1 aromatic carbocycles. The van der Waals surface area contributed by atoms with Gasteiger partial charge in [-0.25, -0.2) is 9.78 Å². The van der Waals surface area contributed by atoms with Crippen LogP contribution in [0.2, 0.25) is 5.02 Å². The molecule has 1 heterocycles. The second-order valence-electron chi connectivity index (χ2n) is 3.40. The third-order valence-electron chi connectivity index (χ3n) is 2.07. The Morgan fingerprint density at radius 3 is 3.00 bits per heavy atom. The largest absolute Gasteiger partial charge is 0.365 e. The van der Waals surface area contributed by atoms with Crippen molar-refractivity contribution in [2.75, 3.05) is 0 Å². The zero-order valence-corrected chi connectivity index (χ0v) is 11.0. The van der Waals surface area contributed by atoms with Gasteiger partial charge in [-0.1, -0.05) is 22.8 Å². The fraction of sp³-hybridized carbons (Fsp3) is 0.0833. The van der Waals surface area contributed by atoms with E-state index in [1.807, 2.05) is 5.38 Å². The first kappa shape index (κ1) is 12.7. The van der Waals surface area contributed by atoms with Crippen LogP contribution in [0.25, 0.3) is 0 Å². The van der Waals surface area contributed by atoms with Crippen molar-refractivity contribution >= 4 is 34.6 Å². The fourth-order valence-corrected chi connectivity index (χ4v) is 1.99. The van der Waals surface area contributed by atoms with E-state index in [-0.39, 0.29) is 0 Å². The molecule has 6 heteroatoms. The number of hydrogen-bond acceptors (Lipinski definition) is 5. The minimum absolute atomic E-state index is 0.359. The van der Waals surface area contributed by atoms with E-state index in [1.165, 1.54) is 17.4 Å². The summed E-state index contributed by atoms with van der Waals surface area (Å²) in [6.07, 6.45) is 1.66. The van der Waals surface area contributed by atoms with Crippen LogP contribution in [0.1, 0.15) is 22.3 Å². The van der Waals surface area contributed by atoms with Gasteiger partial charge in [-0.3, -0.25) is 0 Å². The van der Waals surface area contributed by atoms with Crippen LogP contribution in [0, 0.1) is 0 Å². The zero-order valence-electron chi connectivity index (χ0n) is 9.46. The molecule has 0 bridgehead atoms. The summed E-state index contributed by atoms with van der Waals surface area (Å²) in [6.45, 7) is 1.73. The molecule has 0 aliphatic carbocycles. The van der Waals surface area contributed by atoms with Crippen molar-refractivity contribution in [2.24, 2.45) is 5.16 Å². The van der Waals surface area contributed by atoms with Gasteiger partial charge < -0.3 is 4.84 Å². The first-order valence-electron chi connectivity index (χ1n) is 5.08. The normalized spacial score (nSPS) is 11.3. The van der Waals surface area contributed by atoms with Crippen LogP contribution in [-0.2, 0) is 4.84 Å². The lowest BCUT2D eigenvalue weighted by molar-refractivity contribution is 0.0516. The molecule has 1 aromatic heterocycles. The lowest BCUT2D eigenvalue weighted by atomic mass is 10.2. The standard InChI is InChI=1S/C12H9ClN2O2S/c1-8(11-14-5-6-18-11)15-17-12(16)9-3-2-4-10(13)7-9/h2-7H,1H3/b15-8+. The topological polar surface area (TPSA) is 51.5 Å². The minimum atomic E-state index is -0.548. The van der Waals surface area contributed by atoms with Crippen molar-refractivity contribution in [3.63, 3.8) is 0 Å². The average Bonchev–Trinajstić information content (AvgIpc) is 2.89. The molecule has 0 radical (unpaired) electrons. The van der Waals surface area contributed by atoms with E-state index in [2.05, 4.69) is 10.1 Å². The van der Waals surface area contributed by atoms with Gasteiger partial charge in [0.15, 0.2) is 0 Å². The number of carbonyl (C=O) groups is 1. The highest BCUT2D eigenvalue weighted by atomic mass is 35.5. The van der Waals surface area contributed by atoms with Crippen LogP contribution >= 0.6 is 22.9 Å². The van der Waals surface area contributed by atoms with Gasteiger partial charge in [0.2, 0.25) is 0 Å². The number of nitrogens with zero attached hydrogens (tertiary/aromatic N) is 2. The van der Waals surface area contributed by atoms with Crippen LogP contribution in [0.3, 0.4) is 0 Å². The van der Waals surface area contributed by atoms with E-state index in [0.717, 1.165) is 0 Å². The molecule has 0 saturated heterocycles. The maximum absolute atomic E-state index is 11.7. The highest BCUT2D eigenvalue weighted by Gasteiger charge is 2.08. The number of aromatic nitrogens is 1. The van der Waals surface area contributed by atoms with E-state index >= 15 is 0 Å². The van der Waals surface area contributed by atoms with Crippen molar-refractivity contribution in [3.05, 3.63) is 51.4 Å². The molecule has 2 rings (SSSR count). The van der Waals surface area contributed by atoms with Gasteiger partial charge in [0.05, 0.1) is 5.56 Å². The summed E-state index contributed by atoms with van der Waals surface area (Å²) in [6, 6.07) is 6.50. The summed E-state index contributed by atoms with van der Waals surface area (Å²) >= 11 is 7.21. The Balaban J connectivity index is 2.07. The maximum Gasteiger partial charge on any atom is 0.365 e. The minimum Gasteiger partial charge on any atom is -0.312 e. The Morgan fingerprint density at radius 1 is 1.50 bits per heavy atom. The van der Waals surface area contributed by atoms with Crippen LogP contribution in [-0.4, -0.2) is 16.7 Å². The highest BCUT2D eigenvalue weighted by Crippen LogP contribution is 2.12. The molecule has 0 aliphatic rings. The zero-order chi connectivity index (χ0) is 13.0. The number of oxime groups is 1. The van der Waals surface area contributed by atoms with Gasteiger partial charge in [-0.15, -0.1) is 11.3 Å². The van der Waals surface area contributed by atoms with Crippen molar-refractivity contribution in [2.45, 2.75) is 6.92 Å². The molecule has 0 spiro atoms. The van der Waals surface area contributed by atoms with Crippen molar-refractivity contribution in [1.82, 2.24) is 4.98 Å². The second-order valence-corrected chi connectivity index (χ2v) is 4.73. The Morgan fingerprint density at radius 2 is 2.33 bits per heavy atom. The summed E-state index contributed by atoms with van der Waals surface area (Å²) < 4.78 is 0. The average molecular weight is 281 g/mol. The van der Waals surface area contributed by atoms with Gasteiger partial charge in [-0.2, -0.15) is 0 Å². The molecule has 0 N–H and O–H groups in total. The van der Waals surface area contributed by atoms with Crippen molar-refractivity contribution in [1.29, 1.82) is 0 Å². The summed E-state index contributed by atoms with van der Waals surface area (Å²) in [5.74, 6) is -0.548. The van der Waals surface area contributed by atoms with Crippen molar-refractivity contribution in [3.8, 4) is 0 Å². The molecule has 0 atom stereocenters. The smallest absolute Gasteiger partial charge is 0.312 e. The summed E-state index contributed by atoms with van der Waals surface area (Å²) in [5.41, 5.74) is 0.915. The molecule has 92 valence electrons. The molecular weight excluding hydrogens is 272 g/mol.